The van der Waals surface area contributed by atoms with Gasteiger partial charge in [0.15, 0.2) is 5.82 Å². The van der Waals surface area contributed by atoms with Crippen LogP contribution >= 0.6 is 23.2 Å². The fourth-order valence-electron chi connectivity index (χ4n) is 1.94. The molecule has 2 aromatic carbocycles. The second-order valence-electron chi connectivity index (χ2n) is 4.90. The van der Waals surface area contributed by atoms with Gasteiger partial charge < -0.3 is 10.6 Å². The van der Waals surface area contributed by atoms with Crippen LogP contribution in [0.3, 0.4) is 0 Å². The Balaban J connectivity index is 1.67. The van der Waals surface area contributed by atoms with Crippen LogP contribution in [0.2, 0.25) is 10.0 Å². The van der Waals surface area contributed by atoms with Crippen molar-refractivity contribution in [2.24, 2.45) is 0 Å². The van der Waals surface area contributed by atoms with Crippen LogP contribution in [0, 0.1) is 5.82 Å². The molecule has 5 nitrogen and oxygen atoms in total. The Hall–Kier alpha value is -2.44. The molecule has 0 aliphatic carbocycles. The van der Waals surface area contributed by atoms with E-state index in [0.717, 1.165) is 5.56 Å². The van der Waals surface area contributed by atoms with Gasteiger partial charge in [0, 0.05) is 17.3 Å². The van der Waals surface area contributed by atoms with Crippen molar-refractivity contribution >= 4 is 40.7 Å². The van der Waals surface area contributed by atoms with E-state index in [-0.39, 0.29) is 11.0 Å². The van der Waals surface area contributed by atoms with Crippen LogP contribution in [0.15, 0.2) is 48.7 Å². The molecule has 0 saturated carbocycles. The smallest absolute Gasteiger partial charge is 0.249 e. The first kappa shape index (κ1) is 16.4. The zero-order valence-electron chi connectivity index (χ0n) is 12.3. The van der Waals surface area contributed by atoms with Gasteiger partial charge in [-0.3, -0.25) is 0 Å². The van der Waals surface area contributed by atoms with E-state index in [9.17, 15) is 4.39 Å². The summed E-state index contributed by atoms with van der Waals surface area (Å²) in [5, 5.41) is 14.5. The van der Waals surface area contributed by atoms with E-state index >= 15 is 0 Å². The van der Waals surface area contributed by atoms with Crippen molar-refractivity contribution in [1.82, 2.24) is 15.2 Å². The highest BCUT2D eigenvalue weighted by Crippen LogP contribution is 2.21. The fraction of sp³-hybridized carbons (Fsp3) is 0.0625. The lowest BCUT2D eigenvalue weighted by atomic mass is 10.2. The van der Waals surface area contributed by atoms with E-state index < -0.39 is 5.82 Å². The van der Waals surface area contributed by atoms with Crippen molar-refractivity contribution in [3.8, 4) is 0 Å². The first-order valence-electron chi connectivity index (χ1n) is 7.00. The highest BCUT2D eigenvalue weighted by Gasteiger charge is 2.04. The summed E-state index contributed by atoms with van der Waals surface area (Å²) in [5.74, 6) is 0.342. The quantitative estimate of drug-likeness (QED) is 0.689. The van der Waals surface area contributed by atoms with Crippen LogP contribution in [0.4, 0.5) is 21.8 Å². The Kier molecular flexibility index (Phi) is 5.08. The third-order valence-corrected chi connectivity index (χ3v) is 3.66. The van der Waals surface area contributed by atoms with Gasteiger partial charge in [-0.1, -0.05) is 35.3 Å². The maximum absolute atomic E-state index is 13.2. The summed E-state index contributed by atoms with van der Waals surface area (Å²) in [7, 11) is 0. The number of halogens is 3. The highest BCUT2D eigenvalue weighted by molar-refractivity contribution is 6.31. The molecule has 8 heteroatoms. The van der Waals surface area contributed by atoms with Crippen LogP contribution in [-0.4, -0.2) is 15.2 Å². The van der Waals surface area contributed by atoms with Crippen LogP contribution in [0.5, 0.6) is 0 Å². The summed E-state index contributed by atoms with van der Waals surface area (Å²) in [6.45, 7) is 0.567. The Labute approximate surface area is 147 Å². The van der Waals surface area contributed by atoms with Gasteiger partial charge in [0.1, 0.15) is 5.82 Å². The van der Waals surface area contributed by atoms with Crippen LogP contribution in [0.1, 0.15) is 5.56 Å². The molecule has 24 heavy (non-hydrogen) atoms. The Morgan fingerprint density at radius 1 is 1.04 bits per heavy atom. The number of benzene rings is 2. The maximum Gasteiger partial charge on any atom is 0.249 e. The standard InChI is InChI=1S/C16H12Cl2FN5/c17-11-3-1-10(2-4-11)8-20-15-9-21-24-16(23-15)22-12-5-6-14(19)13(18)7-12/h1-7,9H,8H2,(H2,20,22,23,24). The number of hydrogen-bond donors (Lipinski definition) is 2. The summed E-state index contributed by atoms with van der Waals surface area (Å²) < 4.78 is 13.2. The summed E-state index contributed by atoms with van der Waals surface area (Å²) in [4.78, 5) is 4.29. The SMILES string of the molecule is Fc1ccc(Nc2nncc(NCc3ccc(Cl)cc3)n2)cc1Cl. The third-order valence-electron chi connectivity index (χ3n) is 3.12. The van der Waals surface area contributed by atoms with Gasteiger partial charge >= 0.3 is 0 Å². The van der Waals surface area contributed by atoms with E-state index in [2.05, 4.69) is 25.8 Å². The molecular formula is C16H12Cl2FN5. The lowest BCUT2D eigenvalue weighted by Gasteiger charge is -2.08. The molecule has 3 rings (SSSR count). The number of anilines is 3. The van der Waals surface area contributed by atoms with Crippen LogP contribution in [0.25, 0.3) is 0 Å². The highest BCUT2D eigenvalue weighted by atomic mass is 35.5. The van der Waals surface area contributed by atoms with Crippen molar-refractivity contribution in [3.63, 3.8) is 0 Å². The maximum atomic E-state index is 13.2. The van der Waals surface area contributed by atoms with Gasteiger partial charge in [0.25, 0.3) is 0 Å². The lowest BCUT2D eigenvalue weighted by molar-refractivity contribution is 0.628. The molecular weight excluding hydrogens is 352 g/mol. The first-order chi connectivity index (χ1) is 11.6. The molecule has 0 spiro atoms. The number of hydrogen-bond acceptors (Lipinski definition) is 5. The van der Waals surface area contributed by atoms with Gasteiger partial charge in [0.05, 0.1) is 11.2 Å². The largest absolute Gasteiger partial charge is 0.365 e. The van der Waals surface area contributed by atoms with Crippen molar-refractivity contribution in [1.29, 1.82) is 0 Å². The fourth-order valence-corrected chi connectivity index (χ4v) is 2.25. The van der Waals surface area contributed by atoms with Crippen LogP contribution < -0.4 is 10.6 Å². The van der Waals surface area contributed by atoms with Crippen molar-refractivity contribution < 1.29 is 4.39 Å². The van der Waals surface area contributed by atoms with Crippen molar-refractivity contribution in [3.05, 3.63) is 70.1 Å². The zero-order valence-corrected chi connectivity index (χ0v) is 13.8. The van der Waals surface area contributed by atoms with E-state index in [1.54, 1.807) is 6.07 Å². The summed E-state index contributed by atoms with van der Waals surface area (Å²) >= 11 is 11.6. The molecule has 0 aliphatic rings. The molecule has 0 bridgehead atoms. The third kappa shape index (κ3) is 4.31. The lowest BCUT2D eigenvalue weighted by Crippen LogP contribution is -2.05. The molecule has 1 heterocycles. The number of nitrogens with zero attached hydrogens (tertiary/aromatic N) is 3. The van der Waals surface area contributed by atoms with Crippen LogP contribution in [-0.2, 0) is 6.54 Å². The number of rotatable bonds is 5. The van der Waals surface area contributed by atoms with E-state index in [4.69, 9.17) is 23.2 Å². The summed E-state index contributed by atoms with van der Waals surface area (Å²) in [6.07, 6.45) is 1.51. The topological polar surface area (TPSA) is 62.7 Å². The molecule has 0 fully saturated rings. The van der Waals surface area contributed by atoms with Crippen molar-refractivity contribution in [2.75, 3.05) is 10.6 Å². The van der Waals surface area contributed by atoms with Gasteiger partial charge in [-0.15, -0.1) is 5.10 Å². The zero-order chi connectivity index (χ0) is 16.9. The Morgan fingerprint density at radius 2 is 1.83 bits per heavy atom. The molecule has 0 unspecified atom stereocenters. The minimum Gasteiger partial charge on any atom is -0.365 e. The molecule has 2 N–H and O–H groups in total. The number of aromatic nitrogens is 3. The minimum atomic E-state index is -0.486. The summed E-state index contributed by atoms with van der Waals surface area (Å²) in [6, 6.07) is 11.7. The first-order valence-corrected chi connectivity index (χ1v) is 7.76. The molecule has 0 amide bonds. The number of nitrogens with one attached hydrogen (secondary N) is 2. The molecule has 122 valence electrons. The molecule has 1 aromatic heterocycles. The molecule has 0 aliphatic heterocycles. The van der Waals surface area contributed by atoms with Gasteiger partial charge in [-0.2, -0.15) is 10.1 Å². The van der Waals surface area contributed by atoms with E-state index in [1.807, 2.05) is 24.3 Å². The average molecular weight is 364 g/mol. The Bertz CT molecular complexity index is 842. The van der Waals surface area contributed by atoms with Gasteiger partial charge in [-0.05, 0) is 35.9 Å². The monoisotopic (exact) mass is 363 g/mol. The van der Waals surface area contributed by atoms with Crippen molar-refractivity contribution in [2.45, 2.75) is 6.54 Å². The minimum absolute atomic E-state index is 0.0185. The van der Waals surface area contributed by atoms with E-state index in [0.29, 0.717) is 23.1 Å². The van der Waals surface area contributed by atoms with Gasteiger partial charge in [-0.25, -0.2) is 4.39 Å². The van der Waals surface area contributed by atoms with E-state index in [1.165, 1.54) is 18.3 Å². The molecule has 0 radical (unpaired) electrons. The Morgan fingerprint density at radius 3 is 2.58 bits per heavy atom. The molecule has 3 aromatic rings. The molecule has 0 saturated heterocycles. The predicted molar refractivity (Wildman–Crippen MR) is 93.3 cm³/mol. The second kappa shape index (κ2) is 7.42. The normalized spacial score (nSPS) is 10.5. The van der Waals surface area contributed by atoms with Gasteiger partial charge in [0.2, 0.25) is 5.95 Å². The second-order valence-corrected chi connectivity index (χ2v) is 5.74. The molecule has 0 atom stereocenters. The predicted octanol–water partition coefficient (Wildman–Crippen LogP) is 4.67. The average Bonchev–Trinajstić information content (AvgIpc) is 2.58. The summed E-state index contributed by atoms with van der Waals surface area (Å²) in [5.41, 5.74) is 1.62.